The largest absolute Gasteiger partial charge is 0.496 e. The number of pyridine rings is 1. The van der Waals surface area contributed by atoms with Crippen LogP contribution in [0.3, 0.4) is 0 Å². The van der Waals surface area contributed by atoms with E-state index >= 15 is 0 Å². The van der Waals surface area contributed by atoms with E-state index in [4.69, 9.17) is 4.74 Å². The molecule has 19 heavy (non-hydrogen) atoms. The van der Waals surface area contributed by atoms with Gasteiger partial charge in [0.2, 0.25) is 0 Å². The van der Waals surface area contributed by atoms with Crippen molar-refractivity contribution in [3.8, 4) is 17.0 Å². The number of nitrogens with one attached hydrogen (secondary N) is 1. The summed E-state index contributed by atoms with van der Waals surface area (Å²) in [5, 5.41) is 3.40. The monoisotopic (exact) mass is 256 g/mol. The molecule has 1 heterocycles. The molecule has 0 saturated heterocycles. The summed E-state index contributed by atoms with van der Waals surface area (Å²) in [7, 11) is 1.71. The molecule has 2 rings (SSSR count). The number of rotatable bonds is 6. The minimum atomic E-state index is 0.817. The van der Waals surface area contributed by atoms with Crippen molar-refractivity contribution in [3.05, 3.63) is 48.2 Å². The Morgan fingerprint density at radius 2 is 2.11 bits per heavy atom. The molecule has 0 saturated carbocycles. The lowest BCUT2D eigenvalue weighted by molar-refractivity contribution is 0.408. The third kappa shape index (κ3) is 3.55. The van der Waals surface area contributed by atoms with Crippen molar-refractivity contribution >= 4 is 0 Å². The summed E-state index contributed by atoms with van der Waals surface area (Å²) in [6.07, 6.45) is 2.94. The topological polar surface area (TPSA) is 34.2 Å². The van der Waals surface area contributed by atoms with Gasteiger partial charge >= 0.3 is 0 Å². The predicted molar refractivity (Wildman–Crippen MR) is 78.2 cm³/mol. The second-order valence-electron chi connectivity index (χ2n) is 4.42. The number of aromatic nitrogens is 1. The van der Waals surface area contributed by atoms with Gasteiger partial charge in [-0.2, -0.15) is 0 Å². The Kier molecular flexibility index (Phi) is 4.93. The molecule has 0 spiro atoms. The van der Waals surface area contributed by atoms with E-state index in [0.717, 1.165) is 36.5 Å². The molecule has 0 atom stereocenters. The summed E-state index contributed by atoms with van der Waals surface area (Å²) >= 11 is 0. The standard InChI is InChI=1S/C16H20N2O/c1-3-9-17-12-14-11-13(7-8-16(14)19-2)15-6-4-5-10-18-15/h4-8,10-11,17H,3,9,12H2,1-2H3. The van der Waals surface area contributed by atoms with Crippen LogP contribution in [0.15, 0.2) is 42.6 Å². The van der Waals surface area contributed by atoms with Crippen molar-refractivity contribution in [1.82, 2.24) is 10.3 Å². The van der Waals surface area contributed by atoms with E-state index in [0.29, 0.717) is 0 Å². The summed E-state index contributed by atoms with van der Waals surface area (Å²) < 4.78 is 5.41. The summed E-state index contributed by atoms with van der Waals surface area (Å²) in [5.74, 6) is 0.920. The minimum absolute atomic E-state index is 0.817. The Hall–Kier alpha value is -1.87. The first-order chi connectivity index (χ1) is 9.35. The van der Waals surface area contributed by atoms with Crippen LogP contribution < -0.4 is 10.1 Å². The van der Waals surface area contributed by atoms with Crippen molar-refractivity contribution in [2.24, 2.45) is 0 Å². The van der Waals surface area contributed by atoms with Gasteiger partial charge in [-0.1, -0.05) is 13.0 Å². The van der Waals surface area contributed by atoms with Crippen LogP contribution in [0.1, 0.15) is 18.9 Å². The zero-order valence-electron chi connectivity index (χ0n) is 11.5. The Balaban J connectivity index is 2.25. The van der Waals surface area contributed by atoms with Gasteiger partial charge in [0, 0.05) is 23.9 Å². The van der Waals surface area contributed by atoms with Crippen LogP contribution in [0.2, 0.25) is 0 Å². The summed E-state index contributed by atoms with van der Waals surface area (Å²) in [6, 6.07) is 12.1. The number of methoxy groups -OCH3 is 1. The van der Waals surface area contributed by atoms with Crippen LogP contribution in [0, 0.1) is 0 Å². The maximum Gasteiger partial charge on any atom is 0.123 e. The highest BCUT2D eigenvalue weighted by atomic mass is 16.5. The normalized spacial score (nSPS) is 10.4. The van der Waals surface area contributed by atoms with E-state index in [1.807, 2.05) is 36.5 Å². The lowest BCUT2D eigenvalue weighted by Gasteiger charge is -2.11. The van der Waals surface area contributed by atoms with Crippen molar-refractivity contribution in [2.45, 2.75) is 19.9 Å². The van der Waals surface area contributed by atoms with Crippen molar-refractivity contribution in [2.75, 3.05) is 13.7 Å². The van der Waals surface area contributed by atoms with Crippen molar-refractivity contribution in [3.63, 3.8) is 0 Å². The van der Waals surface area contributed by atoms with Gasteiger partial charge in [-0.15, -0.1) is 0 Å². The second kappa shape index (κ2) is 6.90. The lowest BCUT2D eigenvalue weighted by atomic mass is 10.1. The molecule has 0 bridgehead atoms. The second-order valence-corrected chi connectivity index (χ2v) is 4.42. The smallest absolute Gasteiger partial charge is 0.123 e. The summed E-state index contributed by atoms with van der Waals surface area (Å²) in [5.41, 5.74) is 3.27. The van der Waals surface area contributed by atoms with Crippen molar-refractivity contribution < 1.29 is 4.74 Å². The van der Waals surface area contributed by atoms with E-state index in [2.05, 4.69) is 23.3 Å². The number of hydrogen-bond acceptors (Lipinski definition) is 3. The molecule has 2 aromatic rings. The van der Waals surface area contributed by atoms with Crippen LogP contribution in [-0.4, -0.2) is 18.6 Å². The number of ether oxygens (including phenoxy) is 1. The zero-order valence-corrected chi connectivity index (χ0v) is 11.5. The minimum Gasteiger partial charge on any atom is -0.496 e. The van der Waals surface area contributed by atoms with Crippen LogP contribution in [0.4, 0.5) is 0 Å². The fraction of sp³-hybridized carbons (Fsp3) is 0.312. The molecule has 0 unspecified atom stereocenters. The fourth-order valence-corrected chi connectivity index (χ4v) is 2.01. The quantitative estimate of drug-likeness (QED) is 0.806. The molecule has 0 aliphatic rings. The zero-order chi connectivity index (χ0) is 13.5. The number of nitrogens with zero attached hydrogens (tertiary/aromatic N) is 1. The molecule has 1 aromatic heterocycles. The maximum atomic E-state index is 5.41. The molecule has 1 N–H and O–H groups in total. The first-order valence-electron chi connectivity index (χ1n) is 6.64. The van der Waals surface area contributed by atoms with E-state index in [1.165, 1.54) is 5.56 Å². The van der Waals surface area contributed by atoms with Crippen LogP contribution in [-0.2, 0) is 6.54 Å². The van der Waals surface area contributed by atoms with Gasteiger partial charge in [0.1, 0.15) is 5.75 Å². The highest BCUT2D eigenvalue weighted by molar-refractivity contribution is 5.61. The van der Waals surface area contributed by atoms with Gasteiger partial charge in [0.05, 0.1) is 12.8 Å². The molecule has 3 heteroatoms. The van der Waals surface area contributed by atoms with E-state index < -0.39 is 0 Å². The number of hydrogen-bond donors (Lipinski definition) is 1. The first kappa shape index (κ1) is 13.6. The first-order valence-corrected chi connectivity index (χ1v) is 6.64. The summed E-state index contributed by atoms with van der Waals surface area (Å²) in [4.78, 5) is 4.38. The van der Waals surface area contributed by atoms with Gasteiger partial charge in [-0.05, 0) is 43.3 Å². The van der Waals surface area contributed by atoms with Gasteiger partial charge in [0.15, 0.2) is 0 Å². The maximum absolute atomic E-state index is 5.41. The SMILES string of the molecule is CCCNCc1cc(-c2ccccn2)ccc1OC. The van der Waals surface area contributed by atoms with E-state index in [1.54, 1.807) is 7.11 Å². The van der Waals surface area contributed by atoms with Crippen molar-refractivity contribution in [1.29, 1.82) is 0 Å². The molecule has 0 amide bonds. The molecule has 0 fully saturated rings. The van der Waals surface area contributed by atoms with E-state index in [9.17, 15) is 0 Å². The average molecular weight is 256 g/mol. The Labute approximate surface area is 114 Å². The third-order valence-electron chi connectivity index (χ3n) is 2.98. The molecule has 0 aliphatic carbocycles. The molecule has 0 radical (unpaired) electrons. The molecular weight excluding hydrogens is 236 g/mol. The summed E-state index contributed by atoms with van der Waals surface area (Å²) in [6.45, 7) is 3.99. The third-order valence-corrected chi connectivity index (χ3v) is 2.98. The van der Waals surface area contributed by atoms with Gasteiger partial charge in [-0.3, -0.25) is 4.98 Å². The van der Waals surface area contributed by atoms with Crippen LogP contribution in [0.25, 0.3) is 11.3 Å². The molecule has 0 aliphatic heterocycles. The van der Waals surface area contributed by atoms with Gasteiger partial charge < -0.3 is 10.1 Å². The Bertz CT molecular complexity index is 511. The average Bonchev–Trinajstić information content (AvgIpc) is 2.48. The number of benzene rings is 1. The molecular formula is C16H20N2O. The van der Waals surface area contributed by atoms with Crippen LogP contribution in [0.5, 0.6) is 5.75 Å². The lowest BCUT2D eigenvalue weighted by Crippen LogP contribution is -2.14. The molecule has 100 valence electrons. The van der Waals surface area contributed by atoms with E-state index in [-0.39, 0.29) is 0 Å². The predicted octanol–water partition coefficient (Wildman–Crippen LogP) is 3.26. The molecule has 1 aromatic carbocycles. The highest BCUT2D eigenvalue weighted by Gasteiger charge is 2.06. The van der Waals surface area contributed by atoms with Gasteiger partial charge in [0.25, 0.3) is 0 Å². The van der Waals surface area contributed by atoms with Crippen LogP contribution >= 0.6 is 0 Å². The van der Waals surface area contributed by atoms with Gasteiger partial charge in [-0.25, -0.2) is 0 Å². The Morgan fingerprint density at radius 1 is 1.21 bits per heavy atom. The fourth-order valence-electron chi connectivity index (χ4n) is 2.01. The Morgan fingerprint density at radius 3 is 2.79 bits per heavy atom. The molecule has 3 nitrogen and oxygen atoms in total. The highest BCUT2D eigenvalue weighted by Crippen LogP contribution is 2.25.